The number of benzene rings is 1. The third kappa shape index (κ3) is 3.14. The van der Waals surface area contributed by atoms with Crippen LogP contribution in [0.2, 0.25) is 5.02 Å². The first kappa shape index (κ1) is 19.1. The Bertz CT molecular complexity index is 1330. The van der Waals surface area contributed by atoms with E-state index in [1.165, 1.54) is 12.0 Å². The maximum atomic E-state index is 13.6. The fourth-order valence-corrected chi connectivity index (χ4v) is 5.25. The highest BCUT2D eigenvalue weighted by Gasteiger charge is 2.24. The Morgan fingerprint density at radius 3 is 2.80 bits per heavy atom. The van der Waals surface area contributed by atoms with Crippen molar-refractivity contribution in [3.8, 4) is 11.4 Å². The lowest BCUT2D eigenvalue weighted by Crippen LogP contribution is -2.24. The monoisotopic (exact) mass is 440 g/mol. The van der Waals surface area contributed by atoms with Gasteiger partial charge in [-0.2, -0.15) is 0 Å². The van der Waals surface area contributed by atoms with Crippen molar-refractivity contribution >= 4 is 39.1 Å². The average Bonchev–Trinajstić information content (AvgIpc) is 3.46. The molecular weight excluding hydrogens is 424 g/mol. The van der Waals surface area contributed by atoms with E-state index in [9.17, 15) is 9.59 Å². The van der Waals surface area contributed by atoms with Gasteiger partial charge >= 0.3 is 5.97 Å². The van der Waals surface area contributed by atoms with Gasteiger partial charge in [-0.3, -0.25) is 9.36 Å². The maximum Gasteiger partial charge on any atom is 0.373 e. The lowest BCUT2D eigenvalue weighted by molar-refractivity contribution is 0.0563. The fourth-order valence-electron chi connectivity index (χ4n) is 3.87. The SMILES string of the molecule is COC(=O)c1ccc(Cn2c(-c3ccc(Cl)cc3)nc3sc4c(c3c2=O)CCC4)o1. The number of fused-ring (bicyclic) bond motifs is 3. The van der Waals surface area contributed by atoms with Gasteiger partial charge in [0.25, 0.3) is 5.56 Å². The van der Waals surface area contributed by atoms with Crippen molar-refractivity contribution in [1.29, 1.82) is 0 Å². The molecule has 30 heavy (non-hydrogen) atoms. The molecule has 0 spiro atoms. The number of esters is 1. The van der Waals surface area contributed by atoms with Gasteiger partial charge in [0.15, 0.2) is 0 Å². The fraction of sp³-hybridized carbons (Fsp3) is 0.227. The van der Waals surface area contributed by atoms with Gasteiger partial charge in [-0.25, -0.2) is 9.78 Å². The van der Waals surface area contributed by atoms with Crippen molar-refractivity contribution in [2.45, 2.75) is 25.8 Å². The van der Waals surface area contributed by atoms with Gasteiger partial charge in [0, 0.05) is 15.5 Å². The second-order valence-electron chi connectivity index (χ2n) is 7.13. The average molecular weight is 441 g/mol. The zero-order valence-corrected chi connectivity index (χ0v) is 17.7. The molecule has 1 aromatic carbocycles. The van der Waals surface area contributed by atoms with Gasteiger partial charge in [0.05, 0.1) is 19.0 Å². The number of halogens is 1. The molecule has 3 aromatic heterocycles. The number of nitrogens with zero attached hydrogens (tertiary/aromatic N) is 2. The molecule has 0 atom stereocenters. The van der Waals surface area contributed by atoms with Crippen LogP contribution in [0.3, 0.4) is 0 Å². The quantitative estimate of drug-likeness (QED) is 0.430. The first-order valence-corrected chi connectivity index (χ1v) is 10.7. The molecule has 3 heterocycles. The van der Waals surface area contributed by atoms with Crippen LogP contribution in [-0.4, -0.2) is 22.6 Å². The molecule has 0 aliphatic heterocycles. The van der Waals surface area contributed by atoms with E-state index < -0.39 is 5.97 Å². The molecule has 5 rings (SSSR count). The molecular formula is C22H17ClN2O4S. The van der Waals surface area contributed by atoms with Crippen LogP contribution in [0, 0.1) is 0 Å². The summed E-state index contributed by atoms with van der Waals surface area (Å²) in [6.45, 7) is 0.154. The molecule has 8 heteroatoms. The van der Waals surface area contributed by atoms with E-state index in [1.54, 1.807) is 40.2 Å². The second-order valence-corrected chi connectivity index (χ2v) is 8.65. The lowest BCUT2D eigenvalue weighted by Gasteiger charge is -2.12. The van der Waals surface area contributed by atoms with E-state index in [-0.39, 0.29) is 17.9 Å². The van der Waals surface area contributed by atoms with Crippen LogP contribution in [-0.2, 0) is 24.1 Å². The third-order valence-electron chi connectivity index (χ3n) is 5.29. The number of methoxy groups -OCH3 is 1. The number of carbonyl (C=O) groups is 1. The van der Waals surface area contributed by atoms with Crippen molar-refractivity contribution in [2.75, 3.05) is 7.11 Å². The highest BCUT2D eigenvalue weighted by molar-refractivity contribution is 7.18. The number of hydrogen-bond acceptors (Lipinski definition) is 6. The summed E-state index contributed by atoms with van der Waals surface area (Å²) in [6.07, 6.45) is 2.96. The first-order chi connectivity index (χ1) is 14.5. The van der Waals surface area contributed by atoms with Gasteiger partial charge in [-0.1, -0.05) is 11.6 Å². The minimum absolute atomic E-state index is 0.0963. The number of aromatic nitrogens is 2. The van der Waals surface area contributed by atoms with Crippen LogP contribution < -0.4 is 5.56 Å². The van der Waals surface area contributed by atoms with Gasteiger partial charge in [-0.15, -0.1) is 11.3 Å². The molecule has 0 unspecified atom stereocenters. The van der Waals surface area contributed by atoms with E-state index in [4.69, 9.17) is 25.7 Å². The molecule has 0 fully saturated rings. The topological polar surface area (TPSA) is 74.3 Å². The smallest absolute Gasteiger partial charge is 0.373 e. The Kier molecular flexibility index (Phi) is 4.72. The zero-order valence-electron chi connectivity index (χ0n) is 16.1. The number of rotatable bonds is 4. The molecule has 0 N–H and O–H groups in total. The van der Waals surface area contributed by atoms with Gasteiger partial charge in [-0.05, 0) is 61.2 Å². The minimum atomic E-state index is -0.559. The maximum absolute atomic E-state index is 13.6. The Balaban J connectivity index is 1.69. The number of thiophene rings is 1. The molecule has 6 nitrogen and oxygen atoms in total. The van der Waals surface area contributed by atoms with Crippen molar-refractivity contribution in [1.82, 2.24) is 9.55 Å². The predicted molar refractivity (Wildman–Crippen MR) is 116 cm³/mol. The van der Waals surface area contributed by atoms with E-state index in [0.29, 0.717) is 22.0 Å². The Hall–Kier alpha value is -2.90. The Morgan fingerprint density at radius 2 is 2.03 bits per heavy atom. The molecule has 1 aliphatic carbocycles. The summed E-state index contributed by atoms with van der Waals surface area (Å²) in [6, 6.07) is 10.4. The van der Waals surface area contributed by atoms with Crippen molar-refractivity contribution in [3.05, 3.63) is 73.7 Å². The molecule has 0 saturated carbocycles. The predicted octanol–water partition coefficient (Wildman–Crippen LogP) is 4.70. The van der Waals surface area contributed by atoms with Crippen LogP contribution in [0.25, 0.3) is 21.6 Å². The van der Waals surface area contributed by atoms with E-state index in [0.717, 1.165) is 35.2 Å². The molecule has 0 saturated heterocycles. The molecule has 152 valence electrons. The Labute approximate surface area is 180 Å². The number of aryl methyl sites for hydroxylation is 2. The number of hydrogen-bond donors (Lipinski definition) is 0. The van der Waals surface area contributed by atoms with E-state index in [1.807, 2.05) is 12.1 Å². The minimum Gasteiger partial charge on any atom is -0.463 e. The standard InChI is InChI=1S/C22H17ClN2O4S/c1-28-22(27)16-10-9-14(29-16)11-25-19(12-5-7-13(23)8-6-12)24-20-18(21(25)26)15-3-2-4-17(15)30-20/h5-10H,2-4,11H2,1H3. The normalized spacial score (nSPS) is 13.0. The van der Waals surface area contributed by atoms with Crippen LogP contribution in [0.4, 0.5) is 0 Å². The summed E-state index contributed by atoms with van der Waals surface area (Å²) < 4.78 is 11.9. The van der Waals surface area contributed by atoms with Crippen LogP contribution >= 0.6 is 22.9 Å². The molecule has 0 amide bonds. The largest absolute Gasteiger partial charge is 0.463 e. The van der Waals surface area contributed by atoms with Gasteiger partial charge in [0.2, 0.25) is 5.76 Å². The highest BCUT2D eigenvalue weighted by atomic mass is 35.5. The number of carbonyl (C=O) groups excluding carboxylic acids is 1. The summed E-state index contributed by atoms with van der Waals surface area (Å²) in [5.41, 5.74) is 1.81. The highest BCUT2D eigenvalue weighted by Crippen LogP contribution is 2.36. The van der Waals surface area contributed by atoms with E-state index in [2.05, 4.69) is 0 Å². The molecule has 1 aliphatic rings. The summed E-state index contributed by atoms with van der Waals surface area (Å²) in [5, 5.41) is 1.31. The van der Waals surface area contributed by atoms with Crippen LogP contribution in [0.1, 0.15) is 33.2 Å². The molecule has 0 bridgehead atoms. The summed E-state index contributed by atoms with van der Waals surface area (Å²) in [4.78, 5) is 32.2. The third-order valence-corrected chi connectivity index (χ3v) is 6.73. The van der Waals surface area contributed by atoms with Crippen LogP contribution in [0.5, 0.6) is 0 Å². The summed E-state index contributed by atoms with van der Waals surface area (Å²) in [5.74, 6) is 0.552. The number of ether oxygens (including phenoxy) is 1. The van der Waals surface area contributed by atoms with Crippen molar-refractivity contribution in [3.63, 3.8) is 0 Å². The summed E-state index contributed by atoms with van der Waals surface area (Å²) in [7, 11) is 1.29. The van der Waals surface area contributed by atoms with E-state index >= 15 is 0 Å². The van der Waals surface area contributed by atoms with Gasteiger partial charge in [0.1, 0.15) is 16.4 Å². The second kappa shape index (κ2) is 7.41. The van der Waals surface area contributed by atoms with Crippen LogP contribution in [0.15, 0.2) is 45.6 Å². The first-order valence-electron chi connectivity index (χ1n) is 9.53. The van der Waals surface area contributed by atoms with Crippen molar-refractivity contribution < 1.29 is 13.9 Å². The molecule has 0 radical (unpaired) electrons. The Morgan fingerprint density at radius 1 is 1.23 bits per heavy atom. The lowest BCUT2D eigenvalue weighted by atomic mass is 10.1. The van der Waals surface area contributed by atoms with Crippen molar-refractivity contribution in [2.24, 2.45) is 0 Å². The van der Waals surface area contributed by atoms with Gasteiger partial charge < -0.3 is 9.15 Å². The summed E-state index contributed by atoms with van der Waals surface area (Å²) >= 11 is 7.65. The molecule has 4 aromatic rings. The number of furan rings is 1. The zero-order chi connectivity index (χ0) is 20.8.